The third-order valence-corrected chi connectivity index (χ3v) is 6.81. The van der Waals surface area contributed by atoms with Crippen molar-refractivity contribution in [1.82, 2.24) is 20.2 Å². The lowest BCUT2D eigenvalue weighted by Gasteiger charge is -2.44. The fraction of sp³-hybridized carbons (Fsp3) is 0.773. The summed E-state index contributed by atoms with van der Waals surface area (Å²) in [6.45, 7) is 9.03. The van der Waals surface area contributed by atoms with E-state index < -0.39 is 0 Å². The maximum Gasteiger partial charge on any atom is 0.225 e. The number of aryl methyl sites for hydroxylation is 2. The molecule has 0 aliphatic carbocycles. The Balaban J connectivity index is 1.33. The standard InChI is InChI=1S/C22H35N5O/c1-16-13-17(2)25-22(24-16)27-12-6-8-19(15-27)21(28)23-14-18-7-5-11-26-10-4-3-9-20(18)26/h13,18-20H,3-12,14-15H2,1-2H3,(H,23,28)/t18-,19+,20-/m0/s1. The molecule has 3 saturated heterocycles. The van der Waals surface area contributed by atoms with Crippen LogP contribution < -0.4 is 10.2 Å². The van der Waals surface area contributed by atoms with Gasteiger partial charge in [0.25, 0.3) is 0 Å². The number of aromatic nitrogens is 2. The lowest BCUT2D eigenvalue weighted by Crippen LogP contribution is -2.52. The van der Waals surface area contributed by atoms with E-state index in [9.17, 15) is 4.79 Å². The van der Waals surface area contributed by atoms with Gasteiger partial charge in [0.1, 0.15) is 0 Å². The Labute approximate surface area is 169 Å². The summed E-state index contributed by atoms with van der Waals surface area (Å²) in [6, 6.07) is 2.69. The number of nitrogens with one attached hydrogen (secondary N) is 1. The van der Waals surface area contributed by atoms with Crippen LogP contribution in [0.1, 0.15) is 56.3 Å². The summed E-state index contributed by atoms with van der Waals surface area (Å²) in [7, 11) is 0. The highest BCUT2D eigenvalue weighted by Crippen LogP contribution is 2.30. The van der Waals surface area contributed by atoms with E-state index in [4.69, 9.17) is 0 Å². The minimum absolute atomic E-state index is 0.0456. The van der Waals surface area contributed by atoms with E-state index in [0.717, 1.165) is 49.8 Å². The SMILES string of the molecule is Cc1cc(C)nc(N2CCC[C@@H](C(=O)NC[C@@H]3CCCN4CCCC[C@@H]34)C2)n1. The highest BCUT2D eigenvalue weighted by Gasteiger charge is 2.34. The summed E-state index contributed by atoms with van der Waals surface area (Å²) in [5, 5.41) is 3.32. The molecule has 0 spiro atoms. The van der Waals surface area contributed by atoms with Crippen molar-refractivity contribution >= 4 is 11.9 Å². The lowest BCUT2D eigenvalue weighted by molar-refractivity contribution is -0.125. The number of fused-ring (bicyclic) bond motifs is 1. The van der Waals surface area contributed by atoms with Gasteiger partial charge in [0, 0.05) is 37.1 Å². The van der Waals surface area contributed by atoms with Gasteiger partial charge in [0.15, 0.2) is 0 Å². The Bertz CT molecular complexity index is 671. The molecule has 154 valence electrons. The molecule has 0 radical (unpaired) electrons. The molecule has 0 aromatic carbocycles. The van der Waals surface area contributed by atoms with E-state index in [2.05, 4.69) is 25.1 Å². The van der Waals surface area contributed by atoms with Crippen LogP contribution in [-0.2, 0) is 4.79 Å². The van der Waals surface area contributed by atoms with Crippen LogP contribution in [-0.4, -0.2) is 59.5 Å². The van der Waals surface area contributed by atoms with Gasteiger partial charge >= 0.3 is 0 Å². The number of carbonyl (C=O) groups is 1. The maximum absolute atomic E-state index is 12.9. The Morgan fingerprint density at radius 1 is 1.04 bits per heavy atom. The normalized spacial score (nSPS) is 28.6. The second-order valence-corrected chi connectivity index (χ2v) is 8.98. The van der Waals surface area contributed by atoms with Gasteiger partial charge in [0.2, 0.25) is 11.9 Å². The summed E-state index contributed by atoms with van der Waals surface area (Å²) in [6.07, 6.45) is 8.52. The molecule has 4 rings (SSSR count). The molecule has 0 saturated carbocycles. The van der Waals surface area contributed by atoms with Gasteiger partial charge in [-0.1, -0.05) is 6.42 Å². The van der Waals surface area contributed by atoms with E-state index in [0.29, 0.717) is 12.0 Å². The van der Waals surface area contributed by atoms with E-state index in [1.807, 2.05) is 19.9 Å². The van der Waals surface area contributed by atoms with Crippen LogP contribution in [0.5, 0.6) is 0 Å². The smallest absolute Gasteiger partial charge is 0.225 e. The van der Waals surface area contributed by atoms with Crippen molar-refractivity contribution in [3.05, 3.63) is 17.5 Å². The number of hydrogen-bond donors (Lipinski definition) is 1. The van der Waals surface area contributed by atoms with E-state index in [1.165, 1.54) is 45.2 Å². The third kappa shape index (κ3) is 4.48. The molecule has 3 fully saturated rings. The van der Waals surface area contributed by atoms with Crippen molar-refractivity contribution in [2.75, 3.05) is 37.6 Å². The molecule has 3 atom stereocenters. The predicted octanol–water partition coefficient (Wildman–Crippen LogP) is 2.69. The van der Waals surface area contributed by atoms with Crippen LogP contribution in [0.25, 0.3) is 0 Å². The van der Waals surface area contributed by atoms with E-state index in [-0.39, 0.29) is 11.8 Å². The molecule has 6 heteroatoms. The lowest BCUT2D eigenvalue weighted by atomic mass is 9.83. The van der Waals surface area contributed by atoms with Crippen LogP contribution in [0.2, 0.25) is 0 Å². The minimum Gasteiger partial charge on any atom is -0.355 e. The van der Waals surface area contributed by atoms with Gasteiger partial charge in [-0.05, 0) is 77.4 Å². The van der Waals surface area contributed by atoms with Gasteiger partial charge in [0.05, 0.1) is 5.92 Å². The van der Waals surface area contributed by atoms with Crippen LogP contribution in [0.15, 0.2) is 6.07 Å². The van der Waals surface area contributed by atoms with Crippen molar-refractivity contribution in [3.8, 4) is 0 Å². The Hall–Kier alpha value is -1.69. The van der Waals surface area contributed by atoms with Crippen molar-refractivity contribution in [2.45, 2.75) is 64.8 Å². The van der Waals surface area contributed by atoms with Gasteiger partial charge in [-0.15, -0.1) is 0 Å². The number of rotatable bonds is 4. The molecule has 0 unspecified atom stereocenters. The zero-order valence-electron chi connectivity index (χ0n) is 17.5. The molecular weight excluding hydrogens is 350 g/mol. The second-order valence-electron chi connectivity index (χ2n) is 8.98. The second kappa shape index (κ2) is 8.76. The summed E-state index contributed by atoms with van der Waals surface area (Å²) in [4.78, 5) is 27.0. The number of nitrogens with zero attached hydrogens (tertiary/aromatic N) is 4. The highest BCUT2D eigenvalue weighted by molar-refractivity contribution is 5.79. The number of anilines is 1. The van der Waals surface area contributed by atoms with Gasteiger partial charge in [-0.2, -0.15) is 0 Å². The number of piperidine rings is 3. The van der Waals surface area contributed by atoms with Gasteiger partial charge in [-0.3, -0.25) is 4.79 Å². The molecule has 4 heterocycles. The first-order valence-corrected chi connectivity index (χ1v) is 11.2. The molecule has 1 aromatic heterocycles. The van der Waals surface area contributed by atoms with Crippen molar-refractivity contribution < 1.29 is 4.79 Å². The Morgan fingerprint density at radius 3 is 2.61 bits per heavy atom. The quantitative estimate of drug-likeness (QED) is 0.863. The molecule has 6 nitrogen and oxygen atoms in total. The molecule has 1 aromatic rings. The number of hydrogen-bond acceptors (Lipinski definition) is 5. The summed E-state index contributed by atoms with van der Waals surface area (Å²) in [5.41, 5.74) is 1.98. The van der Waals surface area contributed by atoms with Crippen LogP contribution in [0, 0.1) is 25.7 Å². The maximum atomic E-state index is 12.9. The summed E-state index contributed by atoms with van der Waals surface area (Å²) >= 11 is 0. The van der Waals surface area contributed by atoms with Crippen molar-refractivity contribution in [1.29, 1.82) is 0 Å². The van der Waals surface area contributed by atoms with Crippen LogP contribution >= 0.6 is 0 Å². The first-order chi connectivity index (χ1) is 13.6. The van der Waals surface area contributed by atoms with Gasteiger partial charge < -0.3 is 15.1 Å². The Morgan fingerprint density at radius 2 is 1.79 bits per heavy atom. The number of carbonyl (C=O) groups excluding carboxylic acids is 1. The fourth-order valence-corrected chi connectivity index (χ4v) is 5.41. The summed E-state index contributed by atoms with van der Waals surface area (Å²) in [5.74, 6) is 1.67. The average Bonchev–Trinajstić information content (AvgIpc) is 2.71. The van der Waals surface area contributed by atoms with E-state index in [1.54, 1.807) is 0 Å². The zero-order valence-corrected chi connectivity index (χ0v) is 17.5. The topological polar surface area (TPSA) is 61.4 Å². The van der Waals surface area contributed by atoms with E-state index >= 15 is 0 Å². The minimum atomic E-state index is 0.0456. The van der Waals surface area contributed by atoms with Crippen LogP contribution in [0.4, 0.5) is 5.95 Å². The predicted molar refractivity (Wildman–Crippen MR) is 111 cm³/mol. The monoisotopic (exact) mass is 385 g/mol. The van der Waals surface area contributed by atoms with Crippen molar-refractivity contribution in [2.24, 2.45) is 11.8 Å². The molecule has 3 aliphatic rings. The van der Waals surface area contributed by atoms with Gasteiger partial charge in [-0.25, -0.2) is 9.97 Å². The molecule has 1 N–H and O–H groups in total. The Kier molecular flexibility index (Phi) is 6.14. The molecule has 1 amide bonds. The molecular formula is C22H35N5O. The fourth-order valence-electron chi connectivity index (χ4n) is 5.41. The van der Waals surface area contributed by atoms with Crippen molar-refractivity contribution in [3.63, 3.8) is 0 Å². The average molecular weight is 386 g/mol. The third-order valence-electron chi connectivity index (χ3n) is 6.81. The zero-order chi connectivity index (χ0) is 19.5. The number of amides is 1. The first-order valence-electron chi connectivity index (χ1n) is 11.2. The highest BCUT2D eigenvalue weighted by atomic mass is 16.1. The molecule has 28 heavy (non-hydrogen) atoms. The van der Waals surface area contributed by atoms with Crippen LogP contribution in [0.3, 0.4) is 0 Å². The summed E-state index contributed by atoms with van der Waals surface area (Å²) < 4.78 is 0. The molecule has 3 aliphatic heterocycles. The molecule has 0 bridgehead atoms. The first kappa shape index (κ1) is 19.6. The largest absolute Gasteiger partial charge is 0.355 e.